The van der Waals surface area contributed by atoms with Gasteiger partial charge in [0.25, 0.3) is 0 Å². The SMILES string of the molecule is CC(C)c1cc(NCC2CCNCC2)n2nccc2n1. The normalized spacial score (nSPS) is 16.9. The average Bonchev–Trinajstić information content (AvgIpc) is 2.94. The lowest BCUT2D eigenvalue weighted by Crippen LogP contribution is -2.31. The molecule has 0 spiro atoms. The van der Waals surface area contributed by atoms with Gasteiger partial charge in [0.1, 0.15) is 5.82 Å². The molecule has 1 saturated heterocycles. The van der Waals surface area contributed by atoms with Gasteiger partial charge in [-0.1, -0.05) is 13.8 Å². The highest BCUT2D eigenvalue weighted by atomic mass is 15.3. The van der Waals surface area contributed by atoms with Crippen molar-refractivity contribution < 1.29 is 0 Å². The molecule has 5 nitrogen and oxygen atoms in total. The van der Waals surface area contributed by atoms with Gasteiger partial charge in [-0.25, -0.2) is 4.98 Å². The van der Waals surface area contributed by atoms with Gasteiger partial charge >= 0.3 is 0 Å². The quantitative estimate of drug-likeness (QED) is 0.897. The van der Waals surface area contributed by atoms with Gasteiger partial charge in [-0.15, -0.1) is 0 Å². The van der Waals surface area contributed by atoms with Crippen LogP contribution in [0.5, 0.6) is 0 Å². The topological polar surface area (TPSA) is 54.2 Å². The van der Waals surface area contributed by atoms with Gasteiger partial charge in [-0.05, 0) is 37.8 Å². The van der Waals surface area contributed by atoms with E-state index in [0.717, 1.165) is 42.7 Å². The van der Waals surface area contributed by atoms with Gasteiger partial charge in [0.15, 0.2) is 5.65 Å². The molecular formula is C15H23N5. The minimum atomic E-state index is 0.425. The molecule has 3 heterocycles. The minimum Gasteiger partial charge on any atom is -0.370 e. The van der Waals surface area contributed by atoms with Crippen molar-refractivity contribution >= 4 is 11.5 Å². The molecule has 3 rings (SSSR count). The van der Waals surface area contributed by atoms with E-state index in [4.69, 9.17) is 0 Å². The molecule has 1 aliphatic rings. The number of piperidine rings is 1. The zero-order valence-electron chi connectivity index (χ0n) is 12.3. The summed E-state index contributed by atoms with van der Waals surface area (Å²) in [6, 6.07) is 4.09. The van der Waals surface area contributed by atoms with E-state index < -0.39 is 0 Å². The van der Waals surface area contributed by atoms with E-state index in [0.29, 0.717) is 5.92 Å². The highest BCUT2D eigenvalue weighted by molar-refractivity contribution is 5.49. The van der Waals surface area contributed by atoms with E-state index in [9.17, 15) is 0 Å². The van der Waals surface area contributed by atoms with Crippen LogP contribution < -0.4 is 10.6 Å². The predicted molar refractivity (Wildman–Crippen MR) is 81.2 cm³/mol. The lowest BCUT2D eigenvalue weighted by molar-refractivity contribution is 0.389. The summed E-state index contributed by atoms with van der Waals surface area (Å²) in [4.78, 5) is 4.64. The van der Waals surface area contributed by atoms with Crippen LogP contribution >= 0.6 is 0 Å². The fraction of sp³-hybridized carbons (Fsp3) is 0.600. The van der Waals surface area contributed by atoms with Gasteiger partial charge in [0.05, 0.1) is 6.20 Å². The summed E-state index contributed by atoms with van der Waals surface area (Å²) in [6.07, 6.45) is 4.30. The summed E-state index contributed by atoms with van der Waals surface area (Å²) in [6.45, 7) is 7.63. The van der Waals surface area contributed by atoms with Crippen LogP contribution in [0.2, 0.25) is 0 Å². The number of nitrogens with one attached hydrogen (secondary N) is 2. The van der Waals surface area contributed by atoms with Crippen LogP contribution in [0, 0.1) is 5.92 Å². The summed E-state index contributed by atoms with van der Waals surface area (Å²) in [5, 5.41) is 11.3. The standard InChI is InChI=1S/C15H23N5/c1-11(2)13-9-15(20-14(19-13)5-8-18-20)17-10-12-3-6-16-7-4-12/h5,8-9,11-12,16-17H,3-4,6-7,10H2,1-2H3. The monoisotopic (exact) mass is 273 g/mol. The Bertz CT molecular complexity index is 569. The van der Waals surface area contributed by atoms with E-state index in [-0.39, 0.29) is 0 Å². The number of fused-ring (bicyclic) bond motifs is 1. The molecular weight excluding hydrogens is 250 g/mol. The third kappa shape index (κ3) is 2.77. The highest BCUT2D eigenvalue weighted by Crippen LogP contribution is 2.20. The van der Waals surface area contributed by atoms with Crippen molar-refractivity contribution in [2.45, 2.75) is 32.6 Å². The molecule has 0 unspecified atom stereocenters. The van der Waals surface area contributed by atoms with Crippen molar-refractivity contribution in [3.05, 3.63) is 24.0 Å². The molecule has 0 radical (unpaired) electrons. The van der Waals surface area contributed by atoms with Crippen LogP contribution in [-0.4, -0.2) is 34.2 Å². The Morgan fingerprint density at radius 2 is 2.20 bits per heavy atom. The molecule has 108 valence electrons. The first-order chi connectivity index (χ1) is 9.74. The lowest BCUT2D eigenvalue weighted by Gasteiger charge is -2.23. The van der Waals surface area contributed by atoms with Crippen molar-refractivity contribution in [2.75, 3.05) is 25.0 Å². The molecule has 0 aromatic carbocycles. The number of aromatic nitrogens is 3. The smallest absolute Gasteiger partial charge is 0.157 e. The summed E-state index contributed by atoms with van der Waals surface area (Å²) >= 11 is 0. The van der Waals surface area contributed by atoms with E-state index in [2.05, 4.69) is 40.6 Å². The minimum absolute atomic E-state index is 0.425. The molecule has 0 atom stereocenters. The fourth-order valence-electron chi connectivity index (χ4n) is 2.69. The van der Waals surface area contributed by atoms with E-state index in [1.165, 1.54) is 12.8 Å². The van der Waals surface area contributed by atoms with Gasteiger partial charge in [-0.3, -0.25) is 0 Å². The first-order valence-corrected chi connectivity index (χ1v) is 7.53. The zero-order valence-corrected chi connectivity index (χ0v) is 12.3. The van der Waals surface area contributed by atoms with Crippen LogP contribution in [0.1, 0.15) is 38.3 Å². The molecule has 1 fully saturated rings. The zero-order chi connectivity index (χ0) is 13.9. The van der Waals surface area contributed by atoms with Gasteiger partial charge in [-0.2, -0.15) is 9.61 Å². The van der Waals surface area contributed by atoms with Crippen molar-refractivity contribution in [3.8, 4) is 0 Å². The van der Waals surface area contributed by atoms with Crippen molar-refractivity contribution in [1.82, 2.24) is 19.9 Å². The van der Waals surface area contributed by atoms with Gasteiger partial charge < -0.3 is 10.6 Å². The first kappa shape index (κ1) is 13.4. The van der Waals surface area contributed by atoms with Crippen LogP contribution in [0.15, 0.2) is 18.3 Å². The van der Waals surface area contributed by atoms with Crippen molar-refractivity contribution in [2.24, 2.45) is 5.92 Å². The van der Waals surface area contributed by atoms with E-state index >= 15 is 0 Å². The lowest BCUT2D eigenvalue weighted by atomic mass is 9.98. The van der Waals surface area contributed by atoms with E-state index in [1.807, 2.05) is 16.8 Å². The van der Waals surface area contributed by atoms with Crippen LogP contribution in [0.3, 0.4) is 0 Å². The number of hydrogen-bond donors (Lipinski definition) is 2. The summed E-state index contributed by atoms with van der Waals surface area (Å²) in [7, 11) is 0. The van der Waals surface area contributed by atoms with Gasteiger partial charge in [0, 0.05) is 24.4 Å². The largest absolute Gasteiger partial charge is 0.370 e. The Hall–Kier alpha value is -1.62. The molecule has 0 saturated carbocycles. The number of anilines is 1. The predicted octanol–water partition coefficient (Wildman–Crippen LogP) is 2.26. The summed E-state index contributed by atoms with van der Waals surface area (Å²) in [5.41, 5.74) is 2.04. The second kappa shape index (κ2) is 5.79. The summed E-state index contributed by atoms with van der Waals surface area (Å²) in [5.74, 6) is 2.23. The Kier molecular flexibility index (Phi) is 3.87. The number of rotatable bonds is 4. The van der Waals surface area contributed by atoms with E-state index in [1.54, 1.807) is 0 Å². The molecule has 2 aromatic rings. The molecule has 2 aromatic heterocycles. The maximum Gasteiger partial charge on any atom is 0.157 e. The molecule has 0 aliphatic carbocycles. The van der Waals surface area contributed by atoms with Crippen LogP contribution in [-0.2, 0) is 0 Å². The Morgan fingerprint density at radius 1 is 1.40 bits per heavy atom. The number of hydrogen-bond acceptors (Lipinski definition) is 4. The summed E-state index contributed by atoms with van der Waals surface area (Å²) < 4.78 is 1.90. The number of nitrogens with zero attached hydrogens (tertiary/aromatic N) is 3. The van der Waals surface area contributed by atoms with Crippen molar-refractivity contribution in [3.63, 3.8) is 0 Å². The Morgan fingerprint density at radius 3 is 2.95 bits per heavy atom. The Labute approximate surface area is 119 Å². The molecule has 0 bridgehead atoms. The van der Waals surface area contributed by atoms with Crippen molar-refractivity contribution in [1.29, 1.82) is 0 Å². The molecule has 0 amide bonds. The van der Waals surface area contributed by atoms with Crippen LogP contribution in [0.4, 0.5) is 5.82 Å². The van der Waals surface area contributed by atoms with Crippen LogP contribution in [0.25, 0.3) is 5.65 Å². The molecule has 1 aliphatic heterocycles. The Balaban J connectivity index is 1.80. The third-order valence-corrected chi connectivity index (χ3v) is 4.00. The second-order valence-corrected chi connectivity index (χ2v) is 5.90. The second-order valence-electron chi connectivity index (χ2n) is 5.90. The average molecular weight is 273 g/mol. The fourth-order valence-corrected chi connectivity index (χ4v) is 2.69. The highest BCUT2D eigenvalue weighted by Gasteiger charge is 2.14. The van der Waals surface area contributed by atoms with Gasteiger partial charge in [0.2, 0.25) is 0 Å². The maximum absolute atomic E-state index is 4.64. The molecule has 5 heteroatoms. The maximum atomic E-state index is 4.64. The molecule has 20 heavy (non-hydrogen) atoms. The molecule has 2 N–H and O–H groups in total. The first-order valence-electron chi connectivity index (χ1n) is 7.53. The third-order valence-electron chi connectivity index (χ3n) is 4.00.